The highest BCUT2D eigenvalue weighted by molar-refractivity contribution is 7.09. The summed E-state index contributed by atoms with van der Waals surface area (Å²) in [6.45, 7) is 2.39. The number of carbonyl (C=O) groups excluding carboxylic acids is 1. The van der Waals surface area contributed by atoms with Crippen molar-refractivity contribution >= 4 is 40.4 Å². The Kier molecular flexibility index (Phi) is 6.20. The lowest BCUT2D eigenvalue weighted by atomic mass is 10.2. The van der Waals surface area contributed by atoms with Crippen molar-refractivity contribution in [3.63, 3.8) is 0 Å². The van der Waals surface area contributed by atoms with Gasteiger partial charge in [-0.2, -0.15) is 0 Å². The van der Waals surface area contributed by atoms with Crippen LogP contribution in [0.5, 0.6) is 0 Å². The fourth-order valence-electron chi connectivity index (χ4n) is 1.93. The van der Waals surface area contributed by atoms with E-state index in [0.29, 0.717) is 22.3 Å². The van der Waals surface area contributed by atoms with E-state index in [2.05, 4.69) is 17.2 Å². The van der Waals surface area contributed by atoms with Gasteiger partial charge in [0, 0.05) is 22.0 Å². The van der Waals surface area contributed by atoms with Crippen LogP contribution in [0.3, 0.4) is 0 Å². The van der Waals surface area contributed by atoms with Crippen LogP contribution in [0.25, 0.3) is 0 Å². The van der Waals surface area contributed by atoms with Gasteiger partial charge < -0.3 is 11.1 Å². The zero-order chi connectivity index (χ0) is 16.1. The van der Waals surface area contributed by atoms with Gasteiger partial charge in [-0.15, -0.1) is 11.3 Å². The molecule has 0 spiro atoms. The van der Waals surface area contributed by atoms with E-state index in [4.69, 9.17) is 28.9 Å². The Bertz CT molecular complexity index is 660. The number of benzene rings is 1. The maximum atomic E-state index is 12.1. The Labute approximate surface area is 143 Å². The van der Waals surface area contributed by atoms with E-state index in [-0.39, 0.29) is 11.9 Å². The van der Waals surface area contributed by atoms with E-state index >= 15 is 0 Å². The number of halogens is 2. The van der Waals surface area contributed by atoms with E-state index in [1.165, 1.54) is 11.3 Å². The number of aromatic nitrogens is 1. The Morgan fingerprint density at radius 2 is 2.23 bits per heavy atom. The largest absolute Gasteiger partial charge is 0.347 e. The van der Waals surface area contributed by atoms with Gasteiger partial charge in [-0.3, -0.25) is 4.79 Å². The molecule has 1 unspecified atom stereocenters. The molecule has 0 saturated heterocycles. The van der Waals surface area contributed by atoms with Crippen LogP contribution in [-0.2, 0) is 6.54 Å². The van der Waals surface area contributed by atoms with Crippen molar-refractivity contribution < 1.29 is 4.79 Å². The summed E-state index contributed by atoms with van der Waals surface area (Å²) >= 11 is 13.3. The van der Waals surface area contributed by atoms with Crippen molar-refractivity contribution in [1.29, 1.82) is 0 Å². The standard InChI is InChI=1S/C15H17Cl2N3OS/c1-2-3-12(18)15-20-13(8-22-15)14(21)19-7-9-4-5-10(16)6-11(9)17/h4-6,8,12H,2-3,7,18H2,1H3,(H,19,21). The van der Waals surface area contributed by atoms with Crippen molar-refractivity contribution in [2.24, 2.45) is 5.73 Å². The second kappa shape index (κ2) is 7.92. The molecular formula is C15H17Cl2N3OS. The minimum atomic E-state index is -0.239. The van der Waals surface area contributed by atoms with Crippen molar-refractivity contribution in [3.8, 4) is 0 Å². The quantitative estimate of drug-likeness (QED) is 0.814. The minimum Gasteiger partial charge on any atom is -0.347 e. The Hall–Kier alpha value is -1.14. The summed E-state index contributed by atoms with van der Waals surface area (Å²) < 4.78 is 0. The number of carbonyl (C=O) groups is 1. The summed E-state index contributed by atoms with van der Waals surface area (Å²) in [7, 11) is 0. The summed E-state index contributed by atoms with van der Waals surface area (Å²) in [5.74, 6) is -0.239. The molecule has 0 radical (unpaired) electrons. The molecule has 1 aromatic heterocycles. The Morgan fingerprint density at radius 3 is 2.91 bits per heavy atom. The van der Waals surface area contributed by atoms with Gasteiger partial charge in [0.25, 0.3) is 5.91 Å². The number of nitrogens with two attached hydrogens (primary N) is 1. The maximum absolute atomic E-state index is 12.1. The molecule has 0 fully saturated rings. The van der Waals surface area contributed by atoms with Crippen LogP contribution in [0.2, 0.25) is 10.0 Å². The zero-order valence-electron chi connectivity index (χ0n) is 12.1. The van der Waals surface area contributed by atoms with Gasteiger partial charge in [0.1, 0.15) is 10.7 Å². The van der Waals surface area contributed by atoms with Gasteiger partial charge >= 0.3 is 0 Å². The first-order valence-corrected chi connectivity index (χ1v) is 8.58. The van der Waals surface area contributed by atoms with Crippen LogP contribution in [-0.4, -0.2) is 10.9 Å². The van der Waals surface area contributed by atoms with Crippen LogP contribution in [0.1, 0.15) is 46.9 Å². The molecule has 1 amide bonds. The first-order valence-electron chi connectivity index (χ1n) is 6.94. The molecule has 1 heterocycles. The van der Waals surface area contributed by atoms with Gasteiger partial charge in [-0.1, -0.05) is 42.6 Å². The molecule has 1 atom stereocenters. The highest BCUT2D eigenvalue weighted by Crippen LogP contribution is 2.22. The summed E-state index contributed by atoms with van der Waals surface area (Å²) in [6, 6.07) is 5.06. The van der Waals surface area contributed by atoms with E-state index in [9.17, 15) is 4.79 Å². The van der Waals surface area contributed by atoms with Gasteiger partial charge in [0.2, 0.25) is 0 Å². The molecule has 7 heteroatoms. The molecule has 0 bridgehead atoms. The first kappa shape index (κ1) is 17.2. The lowest BCUT2D eigenvalue weighted by Crippen LogP contribution is -2.23. The fourth-order valence-corrected chi connectivity index (χ4v) is 3.24. The molecule has 0 aliphatic heterocycles. The van der Waals surface area contributed by atoms with Crippen LogP contribution in [0.4, 0.5) is 0 Å². The molecule has 118 valence electrons. The topological polar surface area (TPSA) is 68.0 Å². The highest BCUT2D eigenvalue weighted by Gasteiger charge is 2.15. The van der Waals surface area contributed by atoms with Crippen LogP contribution < -0.4 is 11.1 Å². The number of nitrogens with zero attached hydrogens (tertiary/aromatic N) is 1. The first-order chi connectivity index (χ1) is 10.5. The monoisotopic (exact) mass is 357 g/mol. The molecule has 22 heavy (non-hydrogen) atoms. The Morgan fingerprint density at radius 1 is 1.45 bits per heavy atom. The van der Waals surface area contributed by atoms with Gasteiger partial charge in [0.05, 0.1) is 6.04 Å². The molecular weight excluding hydrogens is 341 g/mol. The van der Waals surface area contributed by atoms with Gasteiger partial charge in [0.15, 0.2) is 0 Å². The number of hydrogen-bond acceptors (Lipinski definition) is 4. The normalized spacial score (nSPS) is 12.2. The highest BCUT2D eigenvalue weighted by atomic mass is 35.5. The van der Waals surface area contributed by atoms with Crippen molar-refractivity contribution in [3.05, 3.63) is 49.9 Å². The molecule has 0 aliphatic rings. The van der Waals surface area contributed by atoms with Crippen LogP contribution in [0, 0.1) is 0 Å². The van der Waals surface area contributed by atoms with Crippen molar-refractivity contribution in [2.45, 2.75) is 32.4 Å². The summed E-state index contributed by atoms with van der Waals surface area (Å²) in [4.78, 5) is 16.4. The van der Waals surface area contributed by atoms with E-state index < -0.39 is 0 Å². The van der Waals surface area contributed by atoms with Crippen LogP contribution >= 0.6 is 34.5 Å². The second-order valence-electron chi connectivity index (χ2n) is 4.88. The predicted molar refractivity (Wildman–Crippen MR) is 91.6 cm³/mol. The van der Waals surface area contributed by atoms with E-state index in [0.717, 1.165) is 23.4 Å². The number of nitrogens with one attached hydrogen (secondary N) is 1. The zero-order valence-corrected chi connectivity index (χ0v) is 14.4. The predicted octanol–water partition coefficient (Wildman–Crippen LogP) is 4.18. The average Bonchev–Trinajstić information content (AvgIpc) is 2.96. The number of rotatable bonds is 6. The van der Waals surface area contributed by atoms with E-state index in [1.54, 1.807) is 23.6 Å². The summed E-state index contributed by atoms with van der Waals surface area (Å²) in [5, 5.41) is 6.40. The minimum absolute atomic E-state index is 0.109. The second-order valence-corrected chi connectivity index (χ2v) is 6.62. The van der Waals surface area contributed by atoms with Crippen molar-refractivity contribution in [1.82, 2.24) is 10.3 Å². The molecule has 2 rings (SSSR count). The lowest BCUT2D eigenvalue weighted by molar-refractivity contribution is 0.0946. The van der Waals surface area contributed by atoms with E-state index in [1.807, 2.05) is 0 Å². The average molecular weight is 358 g/mol. The molecule has 0 aliphatic carbocycles. The van der Waals surface area contributed by atoms with Crippen LogP contribution in [0.15, 0.2) is 23.6 Å². The third-order valence-corrected chi connectivity index (χ3v) is 4.69. The maximum Gasteiger partial charge on any atom is 0.271 e. The number of amides is 1. The summed E-state index contributed by atoms with van der Waals surface area (Å²) in [5.41, 5.74) is 7.19. The van der Waals surface area contributed by atoms with Crippen molar-refractivity contribution in [2.75, 3.05) is 0 Å². The van der Waals surface area contributed by atoms with Gasteiger partial charge in [-0.05, 0) is 24.1 Å². The third-order valence-electron chi connectivity index (χ3n) is 3.13. The summed E-state index contributed by atoms with van der Waals surface area (Å²) in [6.07, 6.45) is 1.84. The van der Waals surface area contributed by atoms with Gasteiger partial charge in [-0.25, -0.2) is 4.98 Å². The molecule has 1 aromatic carbocycles. The Balaban J connectivity index is 1.97. The molecule has 2 aromatic rings. The molecule has 4 nitrogen and oxygen atoms in total. The number of hydrogen-bond donors (Lipinski definition) is 2. The molecule has 3 N–H and O–H groups in total. The fraction of sp³-hybridized carbons (Fsp3) is 0.333. The lowest BCUT2D eigenvalue weighted by Gasteiger charge is -2.07. The number of thiazole rings is 1. The SMILES string of the molecule is CCCC(N)c1nc(C(=O)NCc2ccc(Cl)cc2Cl)cs1. The third kappa shape index (κ3) is 4.43. The molecule has 0 saturated carbocycles. The smallest absolute Gasteiger partial charge is 0.271 e.